The largest absolute Gasteiger partial charge is 0.495 e. The highest BCUT2D eigenvalue weighted by atomic mass is 32.2. The summed E-state index contributed by atoms with van der Waals surface area (Å²) in [7, 11) is 0.659. The summed E-state index contributed by atoms with van der Waals surface area (Å²) in [5, 5.41) is 10.5. The molecule has 3 aromatic rings. The van der Waals surface area contributed by atoms with E-state index in [9.17, 15) is 21.6 Å². The predicted octanol–water partition coefficient (Wildman–Crippen LogP) is 4.09. The molecule has 0 bridgehead atoms. The van der Waals surface area contributed by atoms with Gasteiger partial charge in [0, 0.05) is 37.3 Å². The van der Waals surface area contributed by atoms with Crippen molar-refractivity contribution in [3.8, 4) is 17.6 Å². The first kappa shape index (κ1) is 28.6. The number of nitrogens with one attached hydrogen (secondary N) is 3. The smallest absolute Gasteiger partial charge is 0.406 e. The van der Waals surface area contributed by atoms with Crippen LogP contribution in [0.5, 0.6) is 5.75 Å². The third-order valence-corrected chi connectivity index (χ3v) is 8.33. The second kappa shape index (κ2) is 11.8. The fraction of sp³-hybridized carbons (Fsp3) is 0.407. The molecule has 1 aromatic heterocycles. The normalized spacial score (nSPS) is 14.7. The quantitative estimate of drug-likeness (QED) is 0.358. The van der Waals surface area contributed by atoms with Crippen LogP contribution in [0.3, 0.4) is 0 Å². The first-order valence-electron chi connectivity index (χ1n) is 12.5. The summed E-state index contributed by atoms with van der Waals surface area (Å²) in [6, 6.07) is 11.7. The lowest BCUT2D eigenvalue weighted by Crippen LogP contribution is -2.35. The maximum atomic E-state index is 13.5. The maximum absolute atomic E-state index is 13.5. The standard InChI is InChI=1S/C27H32F3N5O3S/c1-34(2)39(36,37)21-9-10-24(26(17-21)38-3)32-13-5-6-20-16-22-23(33-19-11-14-31-15-12-19)7-4-8-25(22)35(20)18-27(28,29)30/h4,7-10,16-17,19,31-33H,11-15,18H2,1-3H3. The van der Waals surface area contributed by atoms with E-state index < -0.39 is 22.7 Å². The molecule has 0 saturated carbocycles. The molecule has 0 aliphatic carbocycles. The van der Waals surface area contributed by atoms with Crippen molar-refractivity contribution in [3.63, 3.8) is 0 Å². The van der Waals surface area contributed by atoms with Crippen molar-refractivity contribution in [1.29, 1.82) is 0 Å². The number of ether oxygens (including phenoxy) is 1. The Morgan fingerprint density at radius 3 is 2.54 bits per heavy atom. The fourth-order valence-corrected chi connectivity index (χ4v) is 5.43. The van der Waals surface area contributed by atoms with Gasteiger partial charge in [-0.05, 0) is 62.2 Å². The van der Waals surface area contributed by atoms with Crippen LogP contribution in [0.1, 0.15) is 18.5 Å². The molecule has 1 fully saturated rings. The van der Waals surface area contributed by atoms with E-state index in [4.69, 9.17) is 4.74 Å². The molecular formula is C27H32F3N5O3S. The molecule has 0 atom stereocenters. The van der Waals surface area contributed by atoms with Crippen LogP contribution in [-0.2, 0) is 16.6 Å². The van der Waals surface area contributed by atoms with Crippen molar-refractivity contribution in [2.75, 3.05) is 51.5 Å². The number of halogens is 3. The van der Waals surface area contributed by atoms with Crippen molar-refractivity contribution in [3.05, 3.63) is 48.2 Å². The lowest BCUT2D eigenvalue weighted by molar-refractivity contribution is -0.140. The monoisotopic (exact) mass is 563 g/mol. The van der Waals surface area contributed by atoms with E-state index in [2.05, 4.69) is 27.8 Å². The summed E-state index contributed by atoms with van der Waals surface area (Å²) in [5.74, 6) is 6.08. The Hall–Kier alpha value is -3.40. The van der Waals surface area contributed by atoms with Crippen molar-refractivity contribution in [2.24, 2.45) is 0 Å². The van der Waals surface area contributed by atoms with E-state index in [0.717, 1.165) is 35.9 Å². The van der Waals surface area contributed by atoms with Gasteiger partial charge in [-0.15, -0.1) is 0 Å². The number of nitrogens with zero attached hydrogens (tertiary/aromatic N) is 2. The lowest BCUT2D eigenvalue weighted by atomic mass is 10.1. The van der Waals surface area contributed by atoms with Gasteiger partial charge in [0.1, 0.15) is 12.3 Å². The lowest BCUT2D eigenvalue weighted by Gasteiger charge is -2.25. The van der Waals surface area contributed by atoms with Crippen LogP contribution in [0.15, 0.2) is 47.4 Å². The van der Waals surface area contributed by atoms with Crippen LogP contribution in [0, 0.1) is 11.8 Å². The average molecular weight is 564 g/mol. The summed E-state index contributed by atoms with van der Waals surface area (Å²) in [4.78, 5) is 0.0755. The third kappa shape index (κ3) is 6.79. The van der Waals surface area contributed by atoms with E-state index in [0.29, 0.717) is 22.3 Å². The van der Waals surface area contributed by atoms with Crippen LogP contribution < -0.4 is 20.7 Å². The van der Waals surface area contributed by atoms with Gasteiger partial charge in [0.15, 0.2) is 0 Å². The van der Waals surface area contributed by atoms with Crippen LogP contribution in [0.25, 0.3) is 10.9 Å². The number of aromatic nitrogens is 1. The number of rotatable bonds is 8. The number of alkyl halides is 3. The number of sulfonamides is 1. The highest BCUT2D eigenvalue weighted by molar-refractivity contribution is 7.89. The van der Waals surface area contributed by atoms with Crippen LogP contribution in [0.4, 0.5) is 24.5 Å². The van der Waals surface area contributed by atoms with Gasteiger partial charge >= 0.3 is 6.18 Å². The molecule has 12 heteroatoms. The van der Waals surface area contributed by atoms with Gasteiger partial charge in [-0.25, -0.2) is 12.7 Å². The third-order valence-electron chi connectivity index (χ3n) is 6.52. The zero-order chi connectivity index (χ0) is 28.2. The number of hydrogen-bond donors (Lipinski definition) is 3. The van der Waals surface area contributed by atoms with Crippen LogP contribution >= 0.6 is 0 Å². The van der Waals surface area contributed by atoms with Gasteiger partial charge in [0.25, 0.3) is 0 Å². The van der Waals surface area contributed by atoms with Gasteiger partial charge in [0.05, 0.1) is 35.4 Å². The van der Waals surface area contributed by atoms with E-state index in [-0.39, 0.29) is 23.2 Å². The highest BCUT2D eigenvalue weighted by Crippen LogP contribution is 2.31. The Kier molecular flexibility index (Phi) is 8.64. The summed E-state index contributed by atoms with van der Waals surface area (Å²) < 4.78 is 72.9. The molecule has 39 heavy (non-hydrogen) atoms. The number of piperidine rings is 1. The molecule has 2 heterocycles. The molecule has 1 aliphatic heterocycles. The first-order chi connectivity index (χ1) is 18.5. The van der Waals surface area contributed by atoms with Gasteiger partial charge in [0.2, 0.25) is 10.0 Å². The second-order valence-corrected chi connectivity index (χ2v) is 11.6. The first-order valence-corrected chi connectivity index (χ1v) is 13.9. The number of anilines is 2. The summed E-state index contributed by atoms with van der Waals surface area (Å²) >= 11 is 0. The molecule has 0 radical (unpaired) electrons. The Labute approximate surface area is 226 Å². The molecule has 1 aliphatic rings. The molecule has 1 saturated heterocycles. The number of fused-ring (bicyclic) bond motifs is 1. The summed E-state index contributed by atoms with van der Waals surface area (Å²) in [5.41, 5.74) is 2.01. The molecule has 2 aromatic carbocycles. The number of hydrogen-bond acceptors (Lipinski definition) is 6. The minimum absolute atomic E-state index is 0.0755. The Morgan fingerprint density at radius 2 is 1.87 bits per heavy atom. The molecule has 8 nitrogen and oxygen atoms in total. The molecular weight excluding hydrogens is 531 g/mol. The molecule has 0 amide bonds. The van der Waals surface area contributed by atoms with Gasteiger partial charge in [-0.2, -0.15) is 13.2 Å². The minimum Gasteiger partial charge on any atom is -0.495 e. The molecule has 4 rings (SSSR count). The Bertz CT molecular complexity index is 1480. The van der Waals surface area contributed by atoms with Crippen molar-refractivity contribution < 1.29 is 26.3 Å². The number of methoxy groups -OCH3 is 1. The zero-order valence-corrected chi connectivity index (χ0v) is 22.8. The molecule has 3 N–H and O–H groups in total. The van der Waals surface area contributed by atoms with Crippen LogP contribution in [-0.4, -0.2) is 70.3 Å². The fourth-order valence-electron chi connectivity index (χ4n) is 4.51. The summed E-state index contributed by atoms with van der Waals surface area (Å²) in [6.45, 7) is 0.737. The average Bonchev–Trinajstić information content (AvgIpc) is 3.23. The molecule has 0 unspecified atom stereocenters. The van der Waals surface area contributed by atoms with Crippen molar-refractivity contribution in [1.82, 2.24) is 14.2 Å². The second-order valence-electron chi connectivity index (χ2n) is 9.44. The minimum atomic E-state index is -4.42. The topological polar surface area (TPSA) is 87.6 Å². The van der Waals surface area contributed by atoms with E-state index >= 15 is 0 Å². The zero-order valence-electron chi connectivity index (χ0n) is 22.0. The Morgan fingerprint density at radius 1 is 1.13 bits per heavy atom. The predicted molar refractivity (Wildman–Crippen MR) is 147 cm³/mol. The highest BCUT2D eigenvalue weighted by Gasteiger charge is 2.30. The molecule has 0 spiro atoms. The van der Waals surface area contributed by atoms with Crippen LogP contribution in [0.2, 0.25) is 0 Å². The van der Waals surface area contributed by atoms with Gasteiger partial charge < -0.3 is 25.3 Å². The number of benzene rings is 2. The van der Waals surface area contributed by atoms with Crippen molar-refractivity contribution >= 4 is 32.3 Å². The summed E-state index contributed by atoms with van der Waals surface area (Å²) in [6.07, 6.45) is -2.55. The van der Waals surface area contributed by atoms with E-state index in [1.165, 1.54) is 37.9 Å². The molecule has 210 valence electrons. The SMILES string of the molecule is COc1cc(S(=O)(=O)N(C)C)ccc1NCC#Cc1cc2c(NC3CCNCC3)cccc2n1CC(F)(F)F. The Balaban J connectivity index is 1.59. The van der Waals surface area contributed by atoms with Gasteiger partial charge in [-0.3, -0.25) is 0 Å². The van der Waals surface area contributed by atoms with Crippen molar-refractivity contribution in [2.45, 2.75) is 36.5 Å². The van der Waals surface area contributed by atoms with Gasteiger partial charge in [-0.1, -0.05) is 12.0 Å². The maximum Gasteiger partial charge on any atom is 0.406 e. The van der Waals surface area contributed by atoms with E-state index in [1.54, 1.807) is 24.3 Å². The van der Waals surface area contributed by atoms with E-state index in [1.807, 2.05) is 6.07 Å².